The largest absolute Gasteiger partial charge is 0.497 e. The lowest BCUT2D eigenvalue weighted by molar-refractivity contribution is -0.129. The van der Waals surface area contributed by atoms with Crippen LogP contribution in [0.15, 0.2) is 53.3 Å². The maximum Gasteiger partial charge on any atom is 0.331 e. The van der Waals surface area contributed by atoms with E-state index in [1.54, 1.807) is 43.6 Å². The van der Waals surface area contributed by atoms with Gasteiger partial charge < -0.3 is 4.74 Å². The molecule has 1 fully saturated rings. The Bertz CT molecular complexity index is 1100. The van der Waals surface area contributed by atoms with Crippen molar-refractivity contribution in [1.29, 1.82) is 0 Å². The van der Waals surface area contributed by atoms with Crippen LogP contribution < -0.4 is 9.64 Å². The number of pyridine rings is 1. The van der Waals surface area contributed by atoms with Crippen LogP contribution in [-0.4, -0.2) is 35.5 Å². The predicted molar refractivity (Wildman–Crippen MR) is 110 cm³/mol. The first kappa shape index (κ1) is 19.3. The molecule has 0 radical (unpaired) electrons. The number of rotatable bonds is 4. The number of carbonyl (C=O) groups is 2. The van der Waals surface area contributed by atoms with E-state index in [4.69, 9.17) is 4.74 Å². The molecule has 0 unspecified atom stereocenters. The van der Waals surface area contributed by atoms with Gasteiger partial charge in [-0.1, -0.05) is 28.1 Å². The Morgan fingerprint density at radius 3 is 2.62 bits per heavy atom. The highest BCUT2D eigenvalue weighted by molar-refractivity contribution is 9.10. The SMILES string of the molecule is COc1ccc(CN2C(=O)CCN(c3cncc4c(Br)ccc(F)c34)C2=O)cc1. The molecule has 0 atom stereocenters. The first-order chi connectivity index (χ1) is 14.0. The standard InChI is InChI=1S/C21H17BrFN3O3/c1-29-14-4-2-13(3-5-14)12-26-19(27)8-9-25(21(26)28)18-11-24-10-15-16(22)6-7-17(23)20(15)18/h2-7,10-11H,8-9,12H2,1H3. The molecule has 0 aliphatic carbocycles. The Kier molecular flexibility index (Phi) is 5.19. The number of imide groups is 1. The van der Waals surface area contributed by atoms with Gasteiger partial charge in [0.05, 0.1) is 25.5 Å². The van der Waals surface area contributed by atoms with Gasteiger partial charge in [0, 0.05) is 34.4 Å². The summed E-state index contributed by atoms with van der Waals surface area (Å²) in [6, 6.07) is 9.58. The van der Waals surface area contributed by atoms with Gasteiger partial charge in [0.25, 0.3) is 0 Å². The number of anilines is 1. The Morgan fingerprint density at radius 1 is 1.14 bits per heavy atom. The highest BCUT2D eigenvalue weighted by Crippen LogP contribution is 2.34. The van der Waals surface area contributed by atoms with Crippen LogP contribution in [0.2, 0.25) is 0 Å². The molecule has 8 heteroatoms. The molecule has 1 aliphatic rings. The Hall–Kier alpha value is -3.00. The first-order valence-corrected chi connectivity index (χ1v) is 9.75. The van der Waals surface area contributed by atoms with Crippen LogP contribution in [0.5, 0.6) is 5.75 Å². The molecule has 4 rings (SSSR count). The van der Waals surface area contributed by atoms with E-state index in [2.05, 4.69) is 20.9 Å². The summed E-state index contributed by atoms with van der Waals surface area (Å²) in [5, 5.41) is 0.857. The van der Waals surface area contributed by atoms with Crippen molar-refractivity contribution in [1.82, 2.24) is 9.88 Å². The number of halogens is 2. The van der Waals surface area contributed by atoms with Crippen molar-refractivity contribution in [3.63, 3.8) is 0 Å². The molecule has 0 bridgehead atoms. The van der Waals surface area contributed by atoms with E-state index >= 15 is 0 Å². The lowest BCUT2D eigenvalue weighted by atomic mass is 10.1. The number of urea groups is 1. The Morgan fingerprint density at radius 2 is 1.90 bits per heavy atom. The quantitative estimate of drug-likeness (QED) is 0.578. The van der Waals surface area contributed by atoms with Crippen molar-refractivity contribution in [2.75, 3.05) is 18.6 Å². The number of hydrogen-bond donors (Lipinski definition) is 0. The topological polar surface area (TPSA) is 62.7 Å². The molecule has 0 N–H and O–H groups in total. The number of carbonyl (C=O) groups excluding carboxylic acids is 2. The Labute approximate surface area is 175 Å². The predicted octanol–water partition coefficient (Wildman–Crippen LogP) is 4.50. The summed E-state index contributed by atoms with van der Waals surface area (Å²) in [6.45, 7) is 0.298. The first-order valence-electron chi connectivity index (χ1n) is 8.96. The summed E-state index contributed by atoms with van der Waals surface area (Å²) in [7, 11) is 1.57. The number of fused-ring (bicyclic) bond motifs is 1. The Balaban J connectivity index is 1.69. The average molecular weight is 458 g/mol. The number of nitrogens with zero attached hydrogens (tertiary/aromatic N) is 3. The number of aromatic nitrogens is 1. The van der Waals surface area contributed by atoms with Crippen molar-refractivity contribution in [3.8, 4) is 5.75 Å². The molecule has 2 aromatic carbocycles. The van der Waals surface area contributed by atoms with Gasteiger partial charge >= 0.3 is 6.03 Å². The molecular formula is C21H17BrFN3O3. The molecule has 148 valence electrons. The van der Waals surface area contributed by atoms with Gasteiger partial charge in [-0.3, -0.25) is 19.6 Å². The molecule has 1 aromatic heterocycles. The molecule has 0 spiro atoms. The molecule has 3 amide bonds. The minimum absolute atomic E-state index is 0.128. The van der Waals surface area contributed by atoms with Crippen molar-refractivity contribution in [3.05, 3.63) is 64.6 Å². The normalized spacial score (nSPS) is 14.6. The number of ether oxygens (including phenoxy) is 1. The number of methoxy groups -OCH3 is 1. The zero-order valence-corrected chi connectivity index (χ0v) is 17.1. The highest BCUT2D eigenvalue weighted by atomic mass is 79.9. The molecule has 6 nitrogen and oxygen atoms in total. The van der Waals surface area contributed by atoms with Crippen LogP contribution in [0.4, 0.5) is 14.9 Å². The van der Waals surface area contributed by atoms with Crippen LogP contribution >= 0.6 is 15.9 Å². The third-order valence-corrected chi connectivity index (χ3v) is 5.59. The molecule has 0 saturated carbocycles. The minimum Gasteiger partial charge on any atom is -0.497 e. The molecular weight excluding hydrogens is 441 g/mol. The minimum atomic E-state index is -0.495. The maximum atomic E-state index is 14.6. The van der Waals surface area contributed by atoms with Gasteiger partial charge in [-0.25, -0.2) is 9.18 Å². The van der Waals surface area contributed by atoms with Gasteiger partial charge in [0.2, 0.25) is 5.91 Å². The number of hydrogen-bond acceptors (Lipinski definition) is 4. The van der Waals surface area contributed by atoms with Gasteiger partial charge in [-0.05, 0) is 29.8 Å². The van der Waals surface area contributed by atoms with Crippen LogP contribution in [0.3, 0.4) is 0 Å². The molecule has 1 aliphatic heterocycles. The van der Waals surface area contributed by atoms with E-state index < -0.39 is 11.8 Å². The van der Waals surface area contributed by atoms with Gasteiger partial charge in [-0.2, -0.15) is 0 Å². The third-order valence-electron chi connectivity index (χ3n) is 4.90. The molecule has 29 heavy (non-hydrogen) atoms. The van der Waals surface area contributed by atoms with Crippen LogP contribution in [0, 0.1) is 5.82 Å². The zero-order valence-electron chi connectivity index (χ0n) is 15.6. The van der Waals surface area contributed by atoms with Crippen LogP contribution in [0.25, 0.3) is 10.8 Å². The fourth-order valence-electron chi connectivity index (χ4n) is 3.39. The van der Waals surface area contributed by atoms with E-state index in [1.165, 1.54) is 22.1 Å². The number of benzene rings is 2. The van der Waals surface area contributed by atoms with Gasteiger partial charge in [0.1, 0.15) is 11.6 Å². The maximum absolute atomic E-state index is 14.6. The van der Waals surface area contributed by atoms with Crippen LogP contribution in [-0.2, 0) is 11.3 Å². The summed E-state index contributed by atoms with van der Waals surface area (Å²) >= 11 is 3.40. The smallest absolute Gasteiger partial charge is 0.331 e. The van der Waals surface area contributed by atoms with Crippen molar-refractivity contribution >= 4 is 44.3 Å². The summed E-state index contributed by atoms with van der Waals surface area (Å²) < 4.78 is 20.4. The fourth-order valence-corrected chi connectivity index (χ4v) is 3.82. The lowest BCUT2D eigenvalue weighted by Crippen LogP contribution is -2.52. The van der Waals surface area contributed by atoms with Crippen molar-refractivity contribution in [2.24, 2.45) is 0 Å². The van der Waals surface area contributed by atoms with E-state index in [9.17, 15) is 14.0 Å². The summed E-state index contributed by atoms with van der Waals surface area (Å²) in [4.78, 5) is 32.4. The molecule has 1 saturated heterocycles. The second-order valence-electron chi connectivity index (χ2n) is 6.62. The van der Waals surface area contributed by atoms with Crippen LogP contribution in [0.1, 0.15) is 12.0 Å². The van der Waals surface area contributed by atoms with E-state index in [0.717, 1.165) is 5.56 Å². The van der Waals surface area contributed by atoms with Crippen molar-refractivity contribution in [2.45, 2.75) is 13.0 Å². The molecule has 2 heterocycles. The van der Waals surface area contributed by atoms with Crippen molar-refractivity contribution < 1.29 is 18.7 Å². The monoisotopic (exact) mass is 457 g/mol. The second-order valence-corrected chi connectivity index (χ2v) is 7.48. The van der Waals surface area contributed by atoms with E-state index in [-0.39, 0.29) is 25.4 Å². The third kappa shape index (κ3) is 3.55. The summed E-state index contributed by atoms with van der Waals surface area (Å²) in [6.07, 6.45) is 3.14. The second kappa shape index (κ2) is 7.79. The van der Waals surface area contributed by atoms with Gasteiger partial charge in [0.15, 0.2) is 0 Å². The number of amides is 3. The lowest BCUT2D eigenvalue weighted by Gasteiger charge is -2.34. The zero-order chi connectivity index (χ0) is 20.5. The molecule has 3 aromatic rings. The summed E-state index contributed by atoms with van der Waals surface area (Å²) in [5.41, 5.74) is 1.14. The van der Waals surface area contributed by atoms with E-state index in [0.29, 0.717) is 26.7 Å². The summed E-state index contributed by atoms with van der Waals surface area (Å²) in [5.74, 6) is -0.0292. The van der Waals surface area contributed by atoms with Gasteiger partial charge in [-0.15, -0.1) is 0 Å². The van der Waals surface area contributed by atoms with E-state index in [1.807, 2.05) is 0 Å². The fraction of sp³-hybridized carbons (Fsp3) is 0.190. The average Bonchev–Trinajstić information content (AvgIpc) is 2.74. The highest BCUT2D eigenvalue weighted by Gasteiger charge is 2.34.